The summed E-state index contributed by atoms with van der Waals surface area (Å²) >= 11 is 0. The lowest BCUT2D eigenvalue weighted by Crippen LogP contribution is -2.47. The first-order chi connectivity index (χ1) is 9.04. The number of benzene rings is 1. The molecule has 0 saturated heterocycles. The predicted octanol–water partition coefficient (Wildman–Crippen LogP) is 3.82. The van der Waals surface area contributed by atoms with Crippen LogP contribution in [0.3, 0.4) is 0 Å². The SMILES string of the molecule is C=C[C@H]([C@@H](C)C/C=N\OC)[Si](C)(C)c1ccccc1. The number of hydrogen-bond donors (Lipinski definition) is 0. The standard InChI is InChI=1S/C16H25NOSi/c1-6-16(14(2)12-13-17-18-3)19(4,5)15-10-8-7-9-11-15/h6-11,13-14,16H,1,12H2,2-5H3/b17-13-/t14-,16+/m0/s1. The molecule has 0 unspecified atom stereocenters. The van der Waals surface area contributed by atoms with Gasteiger partial charge in [-0.15, -0.1) is 6.58 Å². The molecule has 0 radical (unpaired) electrons. The number of nitrogens with zero attached hydrogens (tertiary/aromatic N) is 1. The summed E-state index contributed by atoms with van der Waals surface area (Å²) in [5, 5.41) is 5.32. The van der Waals surface area contributed by atoms with Gasteiger partial charge in [0.15, 0.2) is 0 Å². The zero-order valence-electron chi connectivity index (χ0n) is 12.5. The van der Waals surface area contributed by atoms with Crippen molar-refractivity contribution in [2.24, 2.45) is 11.1 Å². The topological polar surface area (TPSA) is 21.6 Å². The van der Waals surface area contributed by atoms with Crippen LogP contribution in [-0.4, -0.2) is 21.4 Å². The molecule has 1 aromatic rings. The summed E-state index contributed by atoms with van der Waals surface area (Å²) in [5.41, 5.74) is 0.526. The van der Waals surface area contributed by atoms with Crippen molar-refractivity contribution < 1.29 is 4.84 Å². The van der Waals surface area contributed by atoms with Crippen molar-refractivity contribution in [3.8, 4) is 0 Å². The number of allylic oxidation sites excluding steroid dienone is 1. The lowest BCUT2D eigenvalue weighted by Gasteiger charge is -2.34. The Morgan fingerprint density at radius 3 is 2.47 bits per heavy atom. The van der Waals surface area contributed by atoms with Crippen molar-refractivity contribution >= 4 is 19.5 Å². The van der Waals surface area contributed by atoms with Gasteiger partial charge < -0.3 is 4.84 Å². The molecule has 19 heavy (non-hydrogen) atoms. The molecule has 104 valence electrons. The summed E-state index contributed by atoms with van der Waals surface area (Å²) in [6, 6.07) is 10.8. The molecule has 0 aliphatic rings. The van der Waals surface area contributed by atoms with Crippen LogP contribution in [-0.2, 0) is 4.84 Å². The smallest absolute Gasteiger partial charge is 0.106 e. The Bertz CT molecular complexity index is 414. The van der Waals surface area contributed by atoms with Crippen LogP contribution in [0.1, 0.15) is 13.3 Å². The minimum Gasteiger partial charge on any atom is -0.399 e. The highest BCUT2D eigenvalue weighted by atomic mass is 28.3. The largest absolute Gasteiger partial charge is 0.399 e. The van der Waals surface area contributed by atoms with Crippen molar-refractivity contribution in [1.82, 2.24) is 0 Å². The number of hydrogen-bond acceptors (Lipinski definition) is 2. The molecule has 3 heteroatoms. The van der Waals surface area contributed by atoms with E-state index in [4.69, 9.17) is 4.84 Å². The molecule has 0 aromatic heterocycles. The van der Waals surface area contributed by atoms with E-state index in [0.717, 1.165) is 6.42 Å². The molecule has 1 rings (SSSR count). The zero-order chi connectivity index (χ0) is 14.3. The van der Waals surface area contributed by atoms with Gasteiger partial charge in [0, 0.05) is 6.21 Å². The van der Waals surface area contributed by atoms with Gasteiger partial charge in [-0.3, -0.25) is 0 Å². The van der Waals surface area contributed by atoms with Crippen LogP contribution in [0.4, 0.5) is 0 Å². The molecule has 0 heterocycles. The van der Waals surface area contributed by atoms with Crippen LogP contribution in [0.15, 0.2) is 48.1 Å². The van der Waals surface area contributed by atoms with Gasteiger partial charge in [0.25, 0.3) is 0 Å². The number of oxime groups is 1. The molecule has 0 saturated carbocycles. The molecule has 2 atom stereocenters. The van der Waals surface area contributed by atoms with Crippen LogP contribution in [0.25, 0.3) is 0 Å². The second kappa shape index (κ2) is 7.29. The molecule has 0 aliphatic carbocycles. The summed E-state index contributed by atoms with van der Waals surface area (Å²) in [6.07, 6.45) is 4.91. The second-order valence-electron chi connectivity index (χ2n) is 5.53. The van der Waals surface area contributed by atoms with Crippen molar-refractivity contribution in [1.29, 1.82) is 0 Å². The van der Waals surface area contributed by atoms with Crippen molar-refractivity contribution in [2.45, 2.75) is 32.0 Å². The van der Waals surface area contributed by atoms with Gasteiger partial charge in [-0.1, -0.05) is 66.8 Å². The minimum absolute atomic E-state index is 0.526. The van der Waals surface area contributed by atoms with Gasteiger partial charge in [0.05, 0.1) is 8.07 Å². The second-order valence-corrected chi connectivity index (χ2v) is 10.2. The number of rotatable bonds is 7. The van der Waals surface area contributed by atoms with Gasteiger partial charge in [-0.25, -0.2) is 0 Å². The van der Waals surface area contributed by atoms with Crippen LogP contribution in [0.5, 0.6) is 0 Å². The Labute approximate surface area is 118 Å². The Morgan fingerprint density at radius 1 is 1.32 bits per heavy atom. The maximum atomic E-state index is 4.73. The highest BCUT2D eigenvalue weighted by Gasteiger charge is 2.34. The lowest BCUT2D eigenvalue weighted by atomic mass is 10.0. The molecule has 1 aromatic carbocycles. The fourth-order valence-corrected chi connectivity index (χ4v) is 6.31. The van der Waals surface area contributed by atoms with Crippen LogP contribution >= 0.6 is 0 Å². The van der Waals surface area contributed by atoms with E-state index in [0.29, 0.717) is 11.5 Å². The van der Waals surface area contributed by atoms with E-state index in [2.05, 4.69) is 68.2 Å². The van der Waals surface area contributed by atoms with Gasteiger partial charge in [0.2, 0.25) is 0 Å². The summed E-state index contributed by atoms with van der Waals surface area (Å²) < 4.78 is 0. The monoisotopic (exact) mass is 275 g/mol. The summed E-state index contributed by atoms with van der Waals surface area (Å²) in [4.78, 5) is 4.73. The first kappa shape index (κ1) is 15.7. The average molecular weight is 275 g/mol. The van der Waals surface area contributed by atoms with E-state index in [-0.39, 0.29) is 0 Å². The van der Waals surface area contributed by atoms with E-state index in [1.807, 2.05) is 6.21 Å². The van der Waals surface area contributed by atoms with E-state index in [1.54, 1.807) is 7.11 Å². The summed E-state index contributed by atoms with van der Waals surface area (Å²) in [5.74, 6) is 0.526. The maximum Gasteiger partial charge on any atom is 0.106 e. The minimum atomic E-state index is -1.55. The van der Waals surface area contributed by atoms with Crippen molar-refractivity contribution in [2.75, 3.05) is 7.11 Å². The van der Waals surface area contributed by atoms with Crippen molar-refractivity contribution in [3.63, 3.8) is 0 Å². The van der Waals surface area contributed by atoms with E-state index < -0.39 is 8.07 Å². The maximum absolute atomic E-state index is 4.73. The van der Waals surface area contributed by atoms with E-state index in [1.165, 1.54) is 5.19 Å². The Kier molecular flexibility index (Phi) is 6.02. The Balaban J connectivity index is 2.89. The average Bonchev–Trinajstić information content (AvgIpc) is 2.40. The highest BCUT2D eigenvalue weighted by molar-refractivity contribution is 6.91. The fraction of sp³-hybridized carbons (Fsp3) is 0.438. The Morgan fingerprint density at radius 2 is 1.95 bits per heavy atom. The van der Waals surface area contributed by atoms with Gasteiger partial charge in [-0.05, 0) is 17.9 Å². The third-order valence-corrected chi connectivity index (χ3v) is 8.17. The third-order valence-electron chi connectivity index (χ3n) is 3.88. The quantitative estimate of drug-likeness (QED) is 0.321. The van der Waals surface area contributed by atoms with Crippen LogP contribution < -0.4 is 5.19 Å². The van der Waals surface area contributed by atoms with E-state index in [9.17, 15) is 0 Å². The zero-order valence-corrected chi connectivity index (χ0v) is 13.5. The molecule has 0 spiro atoms. The molecule has 0 aliphatic heterocycles. The molecular formula is C16H25NOSi. The normalized spacial score (nSPS) is 15.2. The van der Waals surface area contributed by atoms with Gasteiger partial charge >= 0.3 is 0 Å². The fourth-order valence-electron chi connectivity index (χ4n) is 2.73. The molecule has 0 N–H and O–H groups in total. The predicted molar refractivity (Wildman–Crippen MR) is 86.8 cm³/mol. The molecular weight excluding hydrogens is 250 g/mol. The summed E-state index contributed by atoms with van der Waals surface area (Å²) in [6.45, 7) is 11.2. The molecule has 0 bridgehead atoms. The highest BCUT2D eigenvalue weighted by Crippen LogP contribution is 2.32. The van der Waals surface area contributed by atoms with Crippen LogP contribution in [0, 0.1) is 5.92 Å². The molecule has 2 nitrogen and oxygen atoms in total. The van der Waals surface area contributed by atoms with Gasteiger partial charge in [-0.2, -0.15) is 0 Å². The van der Waals surface area contributed by atoms with Crippen LogP contribution in [0.2, 0.25) is 18.6 Å². The third kappa shape index (κ3) is 4.06. The van der Waals surface area contributed by atoms with E-state index >= 15 is 0 Å². The summed E-state index contributed by atoms with van der Waals surface area (Å²) in [7, 11) is 0.0255. The Hall–Kier alpha value is -1.35. The van der Waals surface area contributed by atoms with Crippen molar-refractivity contribution in [3.05, 3.63) is 43.0 Å². The molecule has 0 fully saturated rings. The lowest BCUT2D eigenvalue weighted by molar-refractivity contribution is 0.214. The first-order valence-corrected chi connectivity index (χ1v) is 9.84. The molecule has 0 amide bonds. The first-order valence-electron chi connectivity index (χ1n) is 6.77. The van der Waals surface area contributed by atoms with Gasteiger partial charge in [0.1, 0.15) is 7.11 Å².